The molecule has 0 unspecified atom stereocenters. The molecule has 0 aliphatic carbocycles. The van der Waals surface area contributed by atoms with E-state index < -0.39 is 0 Å². The summed E-state index contributed by atoms with van der Waals surface area (Å²) < 4.78 is 5.83. The van der Waals surface area contributed by atoms with Crippen molar-refractivity contribution in [2.75, 3.05) is 26.2 Å². The van der Waals surface area contributed by atoms with Crippen LogP contribution in [0.4, 0.5) is 0 Å². The molecule has 1 heterocycles. The van der Waals surface area contributed by atoms with Gasteiger partial charge >= 0.3 is 0 Å². The van der Waals surface area contributed by atoms with Crippen LogP contribution in [0.2, 0.25) is 0 Å². The van der Waals surface area contributed by atoms with Crippen molar-refractivity contribution >= 4 is 11.8 Å². The van der Waals surface area contributed by atoms with Gasteiger partial charge < -0.3 is 15.0 Å². The van der Waals surface area contributed by atoms with Gasteiger partial charge in [0.1, 0.15) is 12.2 Å². The molecule has 27 heavy (non-hydrogen) atoms. The molecule has 1 aromatic carbocycles. The zero-order chi connectivity index (χ0) is 19.6. The highest BCUT2D eigenvalue weighted by Gasteiger charge is 2.22. The number of benzene rings is 1. The van der Waals surface area contributed by atoms with Crippen LogP contribution in [-0.4, -0.2) is 43.0 Å². The van der Waals surface area contributed by atoms with Gasteiger partial charge in [-0.3, -0.25) is 9.59 Å². The SMILES string of the molecule is Cc1cccc(C)c1OCCCC(=O)NCC1CCN(C(=O)CC#N)CC1. The van der Waals surface area contributed by atoms with E-state index in [-0.39, 0.29) is 18.2 Å². The van der Waals surface area contributed by atoms with Crippen LogP contribution in [0, 0.1) is 31.1 Å². The second kappa shape index (κ2) is 10.6. The Morgan fingerprint density at radius 3 is 2.56 bits per heavy atom. The number of rotatable bonds is 8. The minimum atomic E-state index is -0.0936. The van der Waals surface area contributed by atoms with Crippen LogP contribution in [0.3, 0.4) is 0 Å². The maximum atomic E-state index is 12.0. The number of para-hydroxylation sites is 1. The van der Waals surface area contributed by atoms with Crippen molar-refractivity contribution in [2.24, 2.45) is 5.92 Å². The Morgan fingerprint density at radius 1 is 1.26 bits per heavy atom. The summed E-state index contributed by atoms with van der Waals surface area (Å²) in [5.41, 5.74) is 2.22. The standard InChI is InChI=1S/C21H29N3O3/c1-16-5-3-6-17(2)21(16)27-14-4-7-19(25)23-15-18-9-12-24(13-10-18)20(26)8-11-22/h3,5-6,18H,4,7-10,12-15H2,1-2H3,(H,23,25). The lowest BCUT2D eigenvalue weighted by Gasteiger charge is -2.31. The van der Waals surface area contributed by atoms with E-state index in [1.165, 1.54) is 0 Å². The first-order chi connectivity index (χ1) is 13.0. The van der Waals surface area contributed by atoms with Crippen molar-refractivity contribution in [3.8, 4) is 11.8 Å². The number of amides is 2. The van der Waals surface area contributed by atoms with E-state index in [2.05, 4.69) is 5.32 Å². The molecule has 2 rings (SSSR count). The number of nitrogens with one attached hydrogen (secondary N) is 1. The van der Waals surface area contributed by atoms with E-state index in [0.29, 0.717) is 45.0 Å². The average molecular weight is 371 g/mol. The summed E-state index contributed by atoms with van der Waals surface area (Å²) in [6, 6.07) is 7.95. The van der Waals surface area contributed by atoms with Gasteiger partial charge in [-0.1, -0.05) is 18.2 Å². The van der Waals surface area contributed by atoms with Crippen LogP contribution in [-0.2, 0) is 9.59 Å². The van der Waals surface area contributed by atoms with E-state index in [9.17, 15) is 9.59 Å². The molecule has 0 bridgehead atoms. The van der Waals surface area contributed by atoms with Crippen LogP contribution in [0.5, 0.6) is 5.75 Å². The summed E-state index contributed by atoms with van der Waals surface area (Å²) in [5, 5.41) is 11.6. The summed E-state index contributed by atoms with van der Waals surface area (Å²) >= 11 is 0. The van der Waals surface area contributed by atoms with Crippen LogP contribution < -0.4 is 10.1 Å². The largest absolute Gasteiger partial charge is 0.493 e. The Hall–Kier alpha value is -2.55. The number of carbonyl (C=O) groups excluding carboxylic acids is 2. The highest BCUT2D eigenvalue weighted by atomic mass is 16.5. The van der Waals surface area contributed by atoms with Crippen LogP contribution in [0.1, 0.15) is 43.2 Å². The van der Waals surface area contributed by atoms with E-state index >= 15 is 0 Å². The molecule has 1 N–H and O–H groups in total. The molecule has 0 atom stereocenters. The Bertz CT molecular complexity index is 668. The fourth-order valence-corrected chi connectivity index (χ4v) is 3.35. The maximum Gasteiger partial charge on any atom is 0.236 e. The molecular formula is C21H29N3O3. The third kappa shape index (κ3) is 6.59. The number of hydrogen-bond acceptors (Lipinski definition) is 4. The molecule has 146 valence electrons. The predicted molar refractivity (Wildman–Crippen MR) is 103 cm³/mol. The van der Waals surface area contributed by atoms with Crippen LogP contribution in [0.15, 0.2) is 18.2 Å². The third-order valence-electron chi connectivity index (χ3n) is 4.99. The Kier molecular flexibility index (Phi) is 8.12. The Balaban J connectivity index is 1.59. The Labute approximate surface area is 161 Å². The zero-order valence-corrected chi connectivity index (χ0v) is 16.3. The first-order valence-electron chi connectivity index (χ1n) is 9.61. The molecule has 0 spiro atoms. The van der Waals surface area contributed by atoms with E-state index in [0.717, 1.165) is 29.7 Å². The summed E-state index contributed by atoms with van der Waals surface area (Å²) in [6.45, 7) is 6.56. The molecule has 2 amide bonds. The van der Waals surface area contributed by atoms with Gasteiger partial charge in [0.2, 0.25) is 11.8 Å². The molecule has 0 saturated carbocycles. The zero-order valence-electron chi connectivity index (χ0n) is 16.3. The number of carbonyl (C=O) groups is 2. The highest BCUT2D eigenvalue weighted by molar-refractivity contribution is 5.78. The van der Waals surface area contributed by atoms with Gasteiger partial charge in [-0.2, -0.15) is 5.26 Å². The van der Waals surface area contributed by atoms with Crippen molar-refractivity contribution < 1.29 is 14.3 Å². The quantitative estimate of drug-likeness (QED) is 0.712. The molecular weight excluding hydrogens is 342 g/mol. The molecule has 0 aromatic heterocycles. The summed E-state index contributed by atoms with van der Waals surface area (Å²) in [5.74, 6) is 1.26. The normalized spacial score (nSPS) is 14.5. The monoisotopic (exact) mass is 371 g/mol. The fourth-order valence-electron chi connectivity index (χ4n) is 3.35. The second-order valence-corrected chi connectivity index (χ2v) is 7.14. The van der Waals surface area contributed by atoms with Gasteiger partial charge in [0.15, 0.2) is 0 Å². The van der Waals surface area contributed by atoms with Gasteiger partial charge in [0, 0.05) is 26.1 Å². The van der Waals surface area contributed by atoms with Crippen LogP contribution in [0.25, 0.3) is 0 Å². The molecule has 6 heteroatoms. The number of likely N-dealkylation sites (tertiary alicyclic amines) is 1. The number of ether oxygens (including phenoxy) is 1. The molecule has 1 aromatic rings. The number of nitrogens with zero attached hydrogens (tertiary/aromatic N) is 2. The van der Waals surface area contributed by atoms with Crippen molar-refractivity contribution in [1.82, 2.24) is 10.2 Å². The molecule has 1 fully saturated rings. The minimum Gasteiger partial charge on any atom is -0.493 e. The lowest BCUT2D eigenvalue weighted by molar-refractivity contribution is -0.131. The number of hydrogen-bond donors (Lipinski definition) is 1. The number of aryl methyl sites for hydroxylation is 2. The summed E-state index contributed by atoms with van der Waals surface area (Å²) in [6.07, 6.45) is 2.82. The smallest absolute Gasteiger partial charge is 0.236 e. The molecule has 1 saturated heterocycles. The van der Waals surface area contributed by atoms with Gasteiger partial charge in [-0.25, -0.2) is 0 Å². The first-order valence-corrected chi connectivity index (χ1v) is 9.61. The highest BCUT2D eigenvalue weighted by Crippen LogP contribution is 2.22. The number of nitriles is 1. The van der Waals surface area contributed by atoms with E-state index in [1.807, 2.05) is 38.1 Å². The lowest BCUT2D eigenvalue weighted by atomic mass is 9.96. The van der Waals surface area contributed by atoms with Crippen molar-refractivity contribution in [1.29, 1.82) is 5.26 Å². The molecule has 6 nitrogen and oxygen atoms in total. The second-order valence-electron chi connectivity index (χ2n) is 7.14. The fraction of sp³-hybridized carbons (Fsp3) is 0.571. The van der Waals surface area contributed by atoms with Crippen molar-refractivity contribution in [3.63, 3.8) is 0 Å². The molecule has 0 radical (unpaired) electrons. The Morgan fingerprint density at radius 2 is 1.93 bits per heavy atom. The predicted octanol–water partition coefficient (Wildman–Crippen LogP) is 2.73. The topological polar surface area (TPSA) is 82.4 Å². The summed E-state index contributed by atoms with van der Waals surface area (Å²) in [4.78, 5) is 25.4. The van der Waals surface area contributed by atoms with Gasteiger partial charge in [0.05, 0.1) is 12.7 Å². The molecule has 1 aliphatic heterocycles. The van der Waals surface area contributed by atoms with E-state index in [4.69, 9.17) is 10.00 Å². The van der Waals surface area contributed by atoms with Crippen molar-refractivity contribution in [2.45, 2.75) is 46.0 Å². The first kappa shape index (κ1) is 20.8. The van der Waals surface area contributed by atoms with Crippen molar-refractivity contribution in [3.05, 3.63) is 29.3 Å². The number of piperidine rings is 1. The maximum absolute atomic E-state index is 12.0. The summed E-state index contributed by atoms with van der Waals surface area (Å²) in [7, 11) is 0. The van der Waals surface area contributed by atoms with Gasteiger partial charge in [0.25, 0.3) is 0 Å². The third-order valence-corrected chi connectivity index (χ3v) is 4.99. The lowest BCUT2D eigenvalue weighted by Crippen LogP contribution is -2.41. The van der Waals surface area contributed by atoms with Gasteiger partial charge in [-0.05, 0) is 50.2 Å². The minimum absolute atomic E-state index is 0.0445. The average Bonchev–Trinajstić information content (AvgIpc) is 2.66. The van der Waals surface area contributed by atoms with Crippen LogP contribution >= 0.6 is 0 Å². The van der Waals surface area contributed by atoms with E-state index in [1.54, 1.807) is 4.90 Å². The molecule has 1 aliphatic rings. The van der Waals surface area contributed by atoms with Gasteiger partial charge in [-0.15, -0.1) is 0 Å².